The van der Waals surface area contributed by atoms with E-state index in [9.17, 15) is 13.2 Å². The first-order valence-electron chi connectivity index (χ1n) is 9.98. The van der Waals surface area contributed by atoms with Gasteiger partial charge in [0.2, 0.25) is 10.0 Å². The number of hydrogen-bond donors (Lipinski definition) is 0. The third-order valence-corrected chi connectivity index (χ3v) is 7.97. The molecular formula is C24H23BrN2O3S. The van der Waals surface area contributed by atoms with Gasteiger partial charge in [-0.05, 0) is 66.4 Å². The van der Waals surface area contributed by atoms with Crippen LogP contribution in [0.25, 0.3) is 0 Å². The fourth-order valence-electron chi connectivity index (χ4n) is 3.91. The van der Waals surface area contributed by atoms with Crippen molar-refractivity contribution in [1.29, 1.82) is 0 Å². The minimum atomic E-state index is -3.71. The van der Waals surface area contributed by atoms with E-state index in [1.165, 1.54) is 15.9 Å². The molecule has 7 heteroatoms. The van der Waals surface area contributed by atoms with Crippen molar-refractivity contribution in [2.24, 2.45) is 0 Å². The highest BCUT2D eigenvalue weighted by atomic mass is 79.9. The molecule has 4 rings (SSSR count). The number of halogens is 1. The number of rotatable bonds is 4. The van der Waals surface area contributed by atoms with Gasteiger partial charge in [0.25, 0.3) is 5.91 Å². The quantitative estimate of drug-likeness (QED) is 0.519. The standard InChI is InChI=1S/C24H23BrN2O3S/c1-17-14-21(25)10-11-23(17)26(2)24(28)19-8-5-9-22(15-19)31(29,30)27-13-12-18-6-3-4-7-20(18)16-27/h3-11,14-15H,12-13,16H2,1-2H3. The van der Waals surface area contributed by atoms with Gasteiger partial charge in [-0.3, -0.25) is 4.79 Å². The summed E-state index contributed by atoms with van der Waals surface area (Å²) in [4.78, 5) is 14.8. The first-order valence-corrected chi connectivity index (χ1v) is 12.2. The Hall–Kier alpha value is -2.48. The molecule has 0 aromatic heterocycles. The van der Waals surface area contributed by atoms with Gasteiger partial charge in [-0.2, -0.15) is 4.31 Å². The van der Waals surface area contributed by atoms with E-state index in [1.807, 2.05) is 49.4 Å². The number of benzene rings is 3. The van der Waals surface area contributed by atoms with E-state index >= 15 is 0 Å². The number of amides is 1. The smallest absolute Gasteiger partial charge is 0.258 e. The number of fused-ring (bicyclic) bond motifs is 1. The zero-order valence-electron chi connectivity index (χ0n) is 17.4. The first-order chi connectivity index (χ1) is 14.8. The zero-order chi connectivity index (χ0) is 22.2. The summed E-state index contributed by atoms with van der Waals surface area (Å²) in [6.45, 7) is 2.70. The Morgan fingerprint density at radius 3 is 2.48 bits per heavy atom. The number of hydrogen-bond acceptors (Lipinski definition) is 3. The maximum Gasteiger partial charge on any atom is 0.258 e. The van der Waals surface area contributed by atoms with Gasteiger partial charge >= 0.3 is 0 Å². The summed E-state index contributed by atoms with van der Waals surface area (Å²) in [7, 11) is -2.01. The molecule has 0 atom stereocenters. The van der Waals surface area contributed by atoms with Crippen molar-refractivity contribution in [2.75, 3.05) is 18.5 Å². The van der Waals surface area contributed by atoms with Gasteiger partial charge < -0.3 is 4.90 Å². The molecule has 31 heavy (non-hydrogen) atoms. The molecule has 3 aromatic carbocycles. The lowest BCUT2D eigenvalue weighted by Gasteiger charge is -2.28. The Morgan fingerprint density at radius 2 is 1.74 bits per heavy atom. The molecule has 0 radical (unpaired) electrons. The monoisotopic (exact) mass is 498 g/mol. The van der Waals surface area contributed by atoms with Gasteiger partial charge in [0.15, 0.2) is 0 Å². The van der Waals surface area contributed by atoms with Gasteiger partial charge in [-0.15, -0.1) is 0 Å². The maximum atomic E-state index is 13.3. The Labute approximate surface area is 191 Å². The van der Waals surface area contributed by atoms with Crippen LogP contribution in [0.4, 0.5) is 5.69 Å². The number of carbonyl (C=O) groups excluding carboxylic acids is 1. The summed E-state index contributed by atoms with van der Waals surface area (Å²) in [5.41, 5.74) is 4.26. The van der Waals surface area contributed by atoms with Gasteiger partial charge in [0.1, 0.15) is 0 Å². The predicted octanol–water partition coefficient (Wildman–Crippen LogP) is 4.78. The molecule has 0 fully saturated rings. The van der Waals surface area contributed by atoms with Crippen molar-refractivity contribution in [3.8, 4) is 0 Å². The van der Waals surface area contributed by atoms with Crippen LogP contribution >= 0.6 is 15.9 Å². The van der Waals surface area contributed by atoms with Crippen LogP contribution in [-0.4, -0.2) is 32.2 Å². The number of aryl methyl sites for hydroxylation is 1. The van der Waals surface area contributed by atoms with E-state index in [0.717, 1.165) is 21.3 Å². The number of sulfonamides is 1. The summed E-state index contributed by atoms with van der Waals surface area (Å²) in [6.07, 6.45) is 0.680. The molecule has 0 bridgehead atoms. The molecular weight excluding hydrogens is 476 g/mol. The molecule has 0 aliphatic carbocycles. The molecule has 0 N–H and O–H groups in total. The Kier molecular flexibility index (Phi) is 6.01. The van der Waals surface area contributed by atoms with E-state index < -0.39 is 10.0 Å². The number of anilines is 1. The first kappa shape index (κ1) is 21.7. The Balaban J connectivity index is 1.61. The predicted molar refractivity (Wildman–Crippen MR) is 126 cm³/mol. The average molecular weight is 499 g/mol. The Morgan fingerprint density at radius 1 is 1.00 bits per heavy atom. The normalized spacial score (nSPS) is 14.2. The SMILES string of the molecule is Cc1cc(Br)ccc1N(C)C(=O)c1cccc(S(=O)(=O)N2CCc3ccccc3C2)c1. The van der Waals surface area contributed by atoms with E-state index in [2.05, 4.69) is 15.9 Å². The average Bonchev–Trinajstić information content (AvgIpc) is 2.78. The number of carbonyl (C=O) groups is 1. The molecule has 1 amide bonds. The van der Waals surface area contributed by atoms with E-state index in [-0.39, 0.29) is 10.8 Å². The molecule has 0 unspecified atom stereocenters. The van der Waals surface area contributed by atoms with E-state index in [1.54, 1.807) is 30.1 Å². The Bertz CT molecular complexity index is 1260. The highest BCUT2D eigenvalue weighted by molar-refractivity contribution is 9.10. The maximum absolute atomic E-state index is 13.3. The lowest BCUT2D eigenvalue weighted by Crippen LogP contribution is -2.36. The molecule has 1 heterocycles. The second-order valence-electron chi connectivity index (χ2n) is 7.68. The van der Waals surface area contributed by atoms with Crippen LogP contribution in [0.5, 0.6) is 0 Å². The third kappa shape index (κ3) is 4.31. The van der Waals surface area contributed by atoms with Crippen LogP contribution in [0.1, 0.15) is 27.0 Å². The number of nitrogens with zero attached hydrogens (tertiary/aromatic N) is 2. The molecule has 3 aromatic rings. The van der Waals surface area contributed by atoms with Crippen LogP contribution < -0.4 is 4.90 Å². The molecule has 5 nitrogen and oxygen atoms in total. The van der Waals surface area contributed by atoms with Crippen LogP contribution in [0.2, 0.25) is 0 Å². The fraction of sp³-hybridized carbons (Fsp3) is 0.208. The summed E-state index contributed by atoms with van der Waals surface area (Å²) in [6, 6.07) is 19.9. The fourth-order valence-corrected chi connectivity index (χ4v) is 5.85. The minimum absolute atomic E-state index is 0.138. The van der Waals surface area contributed by atoms with Gasteiger partial charge in [-0.25, -0.2) is 8.42 Å². The lowest BCUT2D eigenvalue weighted by atomic mass is 10.0. The lowest BCUT2D eigenvalue weighted by molar-refractivity contribution is 0.0992. The van der Waals surface area contributed by atoms with Crippen molar-refractivity contribution >= 4 is 37.5 Å². The summed E-state index contributed by atoms with van der Waals surface area (Å²) >= 11 is 3.43. The highest BCUT2D eigenvalue weighted by Gasteiger charge is 2.29. The van der Waals surface area contributed by atoms with Crippen LogP contribution in [-0.2, 0) is 23.0 Å². The van der Waals surface area contributed by atoms with Gasteiger partial charge in [0, 0.05) is 35.9 Å². The molecule has 160 valence electrons. The topological polar surface area (TPSA) is 57.7 Å². The third-order valence-electron chi connectivity index (χ3n) is 5.64. The molecule has 0 saturated carbocycles. The van der Waals surface area contributed by atoms with Crippen LogP contribution in [0, 0.1) is 6.92 Å². The molecule has 1 aliphatic rings. The second-order valence-corrected chi connectivity index (χ2v) is 10.5. The van der Waals surface area contributed by atoms with Crippen molar-refractivity contribution in [1.82, 2.24) is 4.31 Å². The van der Waals surface area contributed by atoms with Crippen molar-refractivity contribution in [3.05, 3.63) is 93.5 Å². The molecule has 0 saturated heterocycles. The van der Waals surface area contributed by atoms with Crippen molar-refractivity contribution in [3.63, 3.8) is 0 Å². The largest absolute Gasteiger partial charge is 0.311 e. The van der Waals surface area contributed by atoms with Crippen LogP contribution in [0.15, 0.2) is 76.1 Å². The molecule has 1 aliphatic heterocycles. The highest BCUT2D eigenvalue weighted by Crippen LogP contribution is 2.27. The van der Waals surface area contributed by atoms with Gasteiger partial charge in [-0.1, -0.05) is 46.3 Å². The second kappa shape index (κ2) is 8.57. The van der Waals surface area contributed by atoms with Crippen molar-refractivity contribution < 1.29 is 13.2 Å². The van der Waals surface area contributed by atoms with E-state index in [4.69, 9.17) is 0 Å². The molecule has 0 spiro atoms. The summed E-state index contributed by atoms with van der Waals surface area (Å²) in [5, 5.41) is 0. The summed E-state index contributed by atoms with van der Waals surface area (Å²) < 4.78 is 29.0. The van der Waals surface area contributed by atoms with E-state index in [0.29, 0.717) is 25.1 Å². The zero-order valence-corrected chi connectivity index (χ0v) is 19.8. The summed E-state index contributed by atoms with van der Waals surface area (Å²) in [5.74, 6) is -0.258. The van der Waals surface area contributed by atoms with Crippen molar-refractivity contribution in [2.45, 2.75) is 24.8 Å². The van der Waals surface area contributed by atoms with Crippen LogP contribution in [0.3, 0.4) is 0 Å². The minimum Gasteiger partial charge on any atom is -0.311 e. The van der Waals surface area contributed by atoms with Gasteiger partial charge in [0.05, 0.1) is 4.90 Å².